The van der Waals surface area contributed by atoms with E-state index in [1.165, 1.54) is 25.7 Å². The maximum Gasteiger partial charge on any atom is 0.269 e. The van der Waals surface area contributed by atoms with E-state index in [9.17, 15) is 4.79 Å². The minimum atomic E-state index is -0.125. The monoisotopic (exact) mass is 283 g/mol. The lowest BCUT2D eigenvalue weighted by molar-refractivity contribution is 0.0931. The number of anilines is 1. The van der Waals surface area contributed by atoms with Gasteiger partial charge in [-0.2, -0.15) is 0 Å². The van der Waals surface area contributed by atoms with E-state index in [2.05, 4.69) is 17.2 Å². The summed E-state index contributed by atoms with van der Waals surface area (Å²) in [5.74, 6) is 1.56. The van der Waals surface area contributed by atoms with Gasteiger partial charge in [-0.25, -0.2) is 4.98 Å². The highest BCUT2D eigenvalue weighted by Gasteiger charge is 2.21. The molecule has 0 spiro atoms. The molecular weight excluding hydrogens is 262 g/mol. The number of pyridine rings is 1. The Bertz CT molecular complexity index is 425. The molecule has 1 amide bonds. The number of rotatable bonds is 3. The van der Waals surface area contributed by atoms with E-state index in [1.54, 1.807) is 18.2 Å². The second-order valence-electron chi connectivity index (χ2n) is 5.18. The summed E-state index contributed by atoms with van der Waals surface area (Å²) < 4.78 is 0. The molecule has 0 bridgehead atoms. The predicted molar refractivity (Wildman–Crippen MR) is 79.4 cm³/mol. The number of carbonyl (C=O) groups is 1. The van der Waals surface area contributed by atoms with E-state index < -0.39 is 0 Å². The Morgan fingerprint density at radius 2 is 2.16 bits per heavy atom. The van der Waals surface area contributed by atoms with Gasteiger partial charge in [0.1, 0.15) is 11.5 Å². The maximum atomic E-state index is 11.9. The van der Waals surface area contributed by atoms with E-state index >= 15 is 0 Å². The smallest absolute Gasteiger partial charge is 0.269 e. The third-order valence-electron chi connectivity index (χ3n) is 3.82. The largest absolute Gasteiger partial charge is 0.384 e. The normalized spacial score (nSPS) is 22.4. The van der Waals surface area contributed by atoms with Gasteiger partial charge >= 0.3 is 0 Å². The Balaban J connectivity index is 0.00000180. The molecule has 1 aliphatic carbocycles. The molecule has 1 aliphatic rings. The zero-order chi connectivity index (χ0) is 13.0. The van der Waals surface area contributed by atoms with Crippen LogP contribution in [0.15, 0.2) is 18.2 Å². The number of nitrogen functional groups attached to an aromatic ring is 1. The van der Waals surface area contributed by atoms with Crippen molar-refractivity contribution < 1.29 is 4.79 Å². The number of aromatic nitrogens is 1. The summed E-state index contributed by atoms with van der Waals surface area (Å²) in [5, 5.41) is 2.97. The van der Waals surface area contributed by atoms with E-state index in [4.69, 9.17) is 5.73 Å². The van der Waals surface area contributed by atoms with Crippen molar-refractivity contribution in [3.8, 4) is 0 Å². The van der Waals surface area contributed by atoms with Crippen molar-refractivity contribution in [1.29, 1.82) is 0 Å². The van der Waals surface area contributed by atoms with Gasteiger partial charge in [-0.1, -0.05) is 32.3 Å². The standard InChI is InChI=1S/C14H21N3O.ClH/c1-10-5-2-3-6-11(10)9-16-14(18)12-7-4-8-13(15)17-12;/h4,7-8,10-11H,2-3,5-6,9H2,1H3,(H2,15,17)(H,16,18);1H. The molecule has 106 valence electrons. The van der Waals surface area contributed by atoms with Crippen molar-refractivity contribution in [3.05, 3.63) is 23.9 Å². The molecule has 1 aromatic rings. The molecule has 1 fully saturated rings. The van der Waals surface area contributed by atoms with E-state index in [1.807, 2.05) is 0 Å². The SMILES string of the molecule is CC1CCCCC1CNC(=O)c1cccc(N)n1.Cl. The Kier molecular flexibility index (Phi) is 6.09. The van der Waals surface area contributed by atoms with Gasteiger partial charge in [-0.05, 0) is 30.4 Å². The lowest BCUT2D eigenvalue weighted by atomic mass is 9.80. The first-order valence-electron chi connectivity index (χ1n) is 6.67. The molecule has 0 radical (unpaired) electrons. The predicted octanol–water partition coefficient (Wildman–Crippen LogP) is 2.64. The van der Waals surface area contributed by atoms with Gasteiger partial charge in [-0.3, -0.25) is 4.79 Å². The highest BCUT2D eigenvalue weighted by Crippen LogP contribution is 2.28. The Morgan fingerprint density at radius 3 is 2.84 bits per heavy atom. The molecule has 1 saturated carbocycles. The number of hydrogen-bond acceptors (Lipinski definition) is 3. The van der Waals surface area contributed by atoms with Gasteiger partial charge in [0.15, 0.2) is 0 Å². The van der Waals surface area contributed by atoms with Crippen LogP contribution in [0.2, 0.25) is 0 Å². The van der Waals surface area contributed by atoms with Gasteiger partial charge in [-0.15, -0.1) is 12.4 Å². The Morgan fingerprint density at radius 1 is 1.42 bits per heavy atom. The summed E-state index contributed by atoms with van der Waals surface area (Å²) in [6.45, 7) is 3.02. The maximum absolute atomic E-state index is 11.9. The number of nitrogens with zero attached hydrogens (tertiary/aromatic N) is 1. The van der Waals surface area contributed by atoms with Crippen molar-refractivity contribution in [2.24, 2.45) is 11.8 Å². The summed E-state index contributed by atoms with van der Waals surface area (Å²) in [7, 11) is 0. The molecule has 1 aromatic heterocycles. The van der Waals surface area contributed by atoms with Gasteiger partial charge in [0, 0.05) is 6.54 Å². The lowest BCUT2D eigenvalue weighted by Gasteiger charge is -2.28. The molecule has 2 atom stereocenters. The average molecular weight is 284 g/mol. The van der Waals surface area contributed by atoms with Crippen LogP contribution >= 0.6 is 12.4 Å². The van der Waals surface area contributed by atoms with E-state index in [0.717, 1.165) is 6.54 Å². The fourth-order valence-corrected chi connectivity index (χ4v) is 2.59. The van der Waals surface area contributed by atoms with Gasteiger partial charge in [0.25, 0.3) is 5.91 Å². The zero-order valence-electron chi connectivity index (χ0n) is 11.3. The summed E-state index contributed by atoms with van der Waals surface area (Å²) in [6.07, 6.45) is 5.09. The Labute approximate surface area is 120 Å². The fourth-order valence-electron chi connectivity index (χ4n) is 2.59. The molecule has 19 heavy (non-hydrogen) atoms. The Hall–Kier alpha value is -1.29. The molecule has 0 aliphatic heterocycles. The number of amides is 1. The first-order chi connectivity index (χ1) is 8.66. The summed E-state index contributed by atoms with van der Waals surface area (Å²) in [4.78, 5) is 15.9. The quantitative estimate of drug-likeness (QED) is 0.896. The van der Waals surface area contributed by atoms with Crippen LogP contribution in [-0.4, -0.2) is 17.4 Å². The molecular formula is C14H22ClN3O. The zero-order valence-corrected chi connectivity index (χ0v) is 12.1. The lowest BCUT2D eigenvalue weighted by Crippen LogP contribution is -2.33. The molecule has 2 rings (SSSR count). The highest BCUT2D eigenvalue weighted by atomic mass is 35.5. The van der Waals surface area contributed by atoms with Crippen LogP contribution in [-0.2, 0) is 0 Å². The topological polar surface area (TPSA) is 68.0 Å². The van der Waals surface area contributed by atoms with E-state index in [0.29, 0.717) is 23.3 Å². The second-order valence-corrected chi connectivity index (χ2v) is 5.18. The molecule has 0 aromatic carbocycles. The van der Waals surface area contributed by atoms with Crippen molar-refractivity contribution in [3.63, 3.8) is 0 Å². The number of halogens is 1. The fraction of sp³-hybridized carbons (Fsp3) is 0.571. The minimum Gasteiger partial charge on any atom is -0.384 e. The minimum absolute atomic E-state index is 0. The van der Waals surface area contributed by atoms with Crippen LogP contribution in [0.4, 0.5) is 5.82 Å². The molecule has 3 N–H and O–H groups in total. The summed E-state index contributed by atoms with van der Waals surface area (Å²) >= 11 is 0. The first kappa shape index (κ1) is 15.8. The third kappa shape index (κ3) is 4.39. The highest BCUT2D eigenvalue weighted by molar-refractivity contribution is 5.92. The van der Waals surface area contributed by atoms with Crippen LogP contribution in [0, 0.1) is 11.8 Å². The number of carbonyl (C=O) groups excluding carboxylic acids is 1. The first-order valence-corrected chi connectivity index (χ1v) is 6.67. The average Bonchev–Trinajstić information content (AvgIpc) is 2.37. The van der Waals surface area contributed by atoms with Crippen LogP contribution in [0.3, 0.4) is 0 Å². The van der Waals surface area contributed by atoms with Gasteiger partial charge in [0.2, 0.25) is 0 Å². The van der Waals surface area contributed by atoms with Gasteiger partial charge < -0.3 is 11.1 Å². The van der Waals surface area contributed by atoms with Crippen molar-refractivity contribution in [2.45, 2.75) is 32.6 Å². The van der Waals surface area contributed by atoms with E-state index in [-0.39, 0.29) is 18.3 Å². The van der Waals surface area contributed by atoms with Crippen molar-refractivity contribution in [2.75, 3.05) is 12.3 Å². The van der Waals surface area contributed by atoms with Crippen LogP contribution in [0.1, 0.15) is 43.1 Å². The third-order valence-corrected chi connectivity index (χ3v) is 3.82. The summed E-state index contributed by atoms with van der Waals surface area (Å²) in [5.41, 5.74) is 5.97. The van der Waals surface area contributed by atoms with Gasteiger partial charge in [0.05, 0.1) is 0 Å². The molecule has 4 nitrogen and oxygen atoms in total. The molecule has 2 unspecified atom stereocenters. The second kappa shape index (κ2) is 7.34. The van der Waals surface area contributed by atoms with Crippen LogP contribution in [0.25, 0.3) is 0 Å². The number of hydrogen-bond donors (Lipinski definition) is 2. The summed E-state index contributed by atoms with van der Waals surface area (Å²) in [6, 6.07) is 5.12. The molecule has 1 heterocycles. The molecule has 0 saturated heterocycles. The molecule has 5 heteroatoms. The van der Waals surface area contributed by atoms with Crippen LogP contribution in [0.5, 0.6) is 0 Å². The van der Waals surface area contributed by atoms with Crippen molar-refractivity contribution in [1.82, 2.24) is 10.3 Å². The number of nitrogens with two attached hydrogens (primary N) is 1. The van der Waals surface area contributed by atoms with Crippen LogP contribution < -0.4 is 11.1 Å². The number of nitrogens with one attached hydrogen (secondary N) is 1. The van der Waals surface area contributed by atoms with Crippen molar-refractivity contribution >= 4 is 24.1 Å².